The number of likely N-dealkylation sites (N-methyl/N-ethyl adjacent to an activating group) is 1. The first-order valence-corrected chi connectivity index (χ1v) is 10.3. The van der Waals surface area contributed by atoms with Crippen LogP contribution in [0.1, 0.15) is 48.5 Å². The van der Waals surface area contributed by atoms with Gasteiger partial charge < -0.3 is 25.6 Å². The van der Waals surface area contributed by atoms with Crippen LogP contribution in [0.3, 0.4) is 0 Å². The van der Waals surface area contributed by atoms with Crippen molar-refractivity contribution in [2.75, 3.05) is 32.0 Å². The highest BCUT2D eigenvalue weighted by Gasteiger charge is 2.13. The van der Waals surface area contributed by atoms with Gasteiger partial charge in [0.2, 0.25) is 5.91 Å². The number of carbonyl (C=O) groups is 1. The molecule has 1 aromatic rings. The molecule has 1 rings (SSSR count). The van der Waals surface area contributed by atoms with Crippen LogP contribution >= 0.6 is 0 Å². The third-order valence-corrected chi connectivity index (χ3v) is 4.02. The predicted molar refractivity (Wildman–Crippen MR) is 122 cm³/mol. The van der Waals surface area contributed by atoms with Crippen LogP contribution in [0.5, 0.6) is 5.75 Å². The van der Waals surface area contributed by atoms with Crippen molar-refractivity contribution in [2.45, 2.75) is 66.2 Å². The lowest BCUT2D eigenvalue weighted by molar-refractivity contribution is -0.121. The van der Waals surface area contributed by atoms with E-state index in [0.717, 1.165) is 24.5 Å². The zero-order valence-corrected chi connectivity index (χ0v) is 19.3. The summed E-state index contributed by atoms with van der Waals surface area (Å²) in [5.74, 6) is 1.28. The Morgan fingerprint density at radius 2 is 1.76 bits per heavy atom. The fourth-order valence-electron chi connectivity index (χ4n) is 2.38. The van der Waals surface area contributed by atoms with E-state index in [0.29, 0.717) is 12.0 Å². The van der Waals surface area contributed by atoms with Crippen molar-refractivity contribution < 1.29 is 9.53 Å². The normalized spacial score (nSPS) is 12.4. The molecule has 7 heteroatoms. The lowest BCUT2D eigenvalue weighted by atomic mass is 10.1. The van der Waals surface area contributed by atoms with E-state index in [4.69, 9.17) is 4.74 Å². The Balaban J connectivity index is 2.77. The average Bonchev–Trinajstić information content (AvgIpc) is 2.59. The largest absolute Gasteiger partial charge is 0.491 e. The first-order valence-electron chi connectivity index (χ1n) is 10.3. The summed E-state index contributed by atoms with van der Waals surface area (Å²) in [5.41, 5.74) is 0.598. The summed E-state index contributed by atoms with van der Waals surface area (Å²) in [6, 6.07) is 8.17. The number of nitrogens with one attached hydrogen (secondary N) is 3. The number of carbonyl (C=O) groups excluding carboxylic acids is 1. The molecule has 3 N–H and O–H groups in total. The Kier molecular flexibility index (Phi) is 9.95. The van der Waals surface area contributed by atoms with Crippen LogP contribution in [0.2, 0.25) is 0 Å². The van der Waals surface area contributed by atoms with E-state index in [2.05, 4.69) is 46.7 Å². The first kappa shape index (κ1) is 24.8. The highest BCUT2D eigenvalue weighted by Crippen LogP contribution is 2.16. The van der Waals surface area contributed by atoms with Gasteiger partial charge in [-0.05, 0) is 79.8 Å². The number of hydrogen-bond acceptors (Lipinski definition) is 4. The SMILES string of the molecule is CC(C)Oc1ccc(NC(=NCC(=O)NC(C)(C)C)NCCN(C)C(C)C)cc1. The average molecular weight is 406 g/mol. The summed E-state index contributed by atoms with van der Waals surface area (Å²) in [7, 11) is 2.08. The van der Waals surface area contributed by atoms with E-state index in [1.54, 1.807) is 0 Å². The molecule has 1 amide bonds. The van der Waals surface area contributed by atoms with Crippen molar-refractivity contribution >= 4 is 17.6 Å². The van der Waals surface area contributed by atoms with Gasteiger partial charge in [-0.3, -0.25) is 4.79 Å². The Hall–Kier alpha value is -2.28. The topological polar surface area (TPSA) is 78.0 Å². The van der Waals surface area contributed by atoms with Gasteiger partial charge in [-0.2, -0.15) is 0 Å². The molecular weight excluding hydrogens is 366 g/mol. The smallest absolute Gasteiger partial charge is 0.242 e. The molecule has 29 heavy (non-hydrogen) atoms. The number of amides is 1. The van der Waals surface area contributed by atoms with E-state index < -0.39 is 0 Å². The monoisotopic (exact) mass is 405 g/mol. The minimum absolute atomic E-state index is 0.0567. The van der Waals surface area contributed by atoms with Gasteiger partial charge >= 0.3 is 0 Å². The third kappa shape index (κ3) is 11.3. The van der Waals surface area contributed by atoms with Crippen molar-refractivity contribution in [3.05, 3.63) is 24.3 Å². The third-order valence-electron chi connectivity index (χ3n) is 4.02. The highest BCUT2D eigenvalue weighted by molar-refractivity contribution is 5.95. The fourth-order valence-corrected chi connectivity index (χ4v) is 2.38. The van der Waals surface area contributed by atoms with Crippen LogP contribution in [-0.2, 0) is 4.79 Å². The van der Waals surface area contributed by atoms with Gasteiger partial charge in [0.05, 0.1) is 6.10 Å². The van der Waals surface area contributed by atoms with Crippen molar-refractivity contribution in [3.63, 3.8) is 0 Å². The van der Waals surface area contributed by atoms with Crippen LogP contribution in [-0.4, -0.2) is 61.1 Å². The summed E-state index contributed by atoms with van der Waals surface area (Å²) in [5, 5.41) is 9.50. The van der Waals surface area contributed by atoms with Gasteiger partial charge in [-0.1, -0.05) is 0 Å². The standard InChI is InChI=1S/C22H39N5O2/c1-16(2)27(8)14-13-23-21(24-15-20(28)26-22(5,6)7)25-18-9-11-19(12-10-18)29-17(3)4/h9-12,16-17H,13-15H2,1-8H3,(H,26,28)(H2,23,24,25). The molecule has 0 aliphatic heterocycles. The molecule has 0 fully saturated rings. The van der Waals surface area contributed by atoms with Gasteiger partial charge in [0.15, 0.2) is 5.96 Å². The second kappa shape index (κ2) is 11.7. The molecule has 0 saturated carbocycles. The van der Waals surface area contributed by atoms with E-state index in [1.165, 1.54) is 0 Å². The van der Waals surface area contributed by atoms with Gasteiger partial charge in [-0.25, -0.2) is 4.99 Å². The Morgan fingerprint density at radius 3 is 2.28 bits per heavy atom. The number of rotatable bonds is 9. The van der Waals surface area contributed by atoms with E-state index in [1.807, 2.05) is 58.9 Å². The molecule has 0 bridgehead atoms. The molecular formula is C22H39N5O2. The molecule has 0 aromatic heterocycles. The zero-order valence-electron chi connectivity index (χ0n) is 19.3. The quantitative estimate of drug-likeness (QED) is 0.435. The van der Waals surface area contributed by atoms with Crippen molar-refractivity contribution in [3.8, 4) is 5.75 Å². The molecule has 0 aliphatic rings. The maximum absolute atomic E-state index is 12.1. The minimum atomic E-state index is -0.278. The second-order valence-corrected chi connectivity index (χ2v) is 8.78. The summed E-state index contributed by atoms with van der Waals surface area (Å²) in [6.07, 6.45) is 0.131. The molecule has 164 valence electrons. The van der Waals surface area contributed by atoms with Crippen LogP contribution in [0.25, 0.3) is 0 Å². The molecule has 0 radical (unpaired) electrons. The van der Waals surface area contributed by atoms with E-state index >= 15 is 0 Å². The Bertz CT molecular complexity index is 648. The number of nitrogens with zero attached hydrogens (tertiary/aromatic N) is 2. The van der Waals surface area contributed by atoms with Crippen molar-refractivity contribution in [1.29, 1.82) is 0 Å². The van der Waals surface area contributed by atoms with Crippen LogP contribution < -0.4 is 20.7 Å². The van der Waals surface area contributed by atoms with Crippen molar-refractivity contribution in [1.82, 2.24) is 15.5 Å². The van der Waals surface area contributed by atoms with E-state index in [-0.39, 0.29) is 24.1 Å². The van der Waals surface area contributed by atoms with Crippen LogP contribution in [0.4, 0.5) is 5.69 Å². The highest BCUT2D eigenvalue weighted by atomic mass is 16.5. The summed E-state index contributed by atoms with van der Waals surface area (Å²) >= 11 is 0. The number of aliphatic imine (C=N–C) groups is 1. The fraction of sp³-hybridized carbons (Fsp3) is 0.636. The van der Waals surface area contributed by atoms with Crippen LogP contribution in [0.15, 0.2) is 29.3 Å². The first-order chi connectivity index (χ1) is 13.5. The Labute approximate surface area is 176 Å². The maximum atomic E-state index is 12.1. The summed E-state index contributed by atoms with van der Waals surface area (Å²) in [4.78, 5) is 18.8. The molecule has 0 heterocycles. The molecule has 1 aromatic carbocycles. The maximum Gasteiger partial charge on any atom is 0.242 e. The molecule has 0 spiro atoms. The lowest BCUT2D eigenvalue weighted by Crippen LogP contribution is -2.43. The minimum Gasteiger partial charge on any atom is -0.491 e. The number of guanidine groups is 1. The van der Waals surface area contributed by atoms with Gasteiger partial charge in [0.1, 0.15) is 12.3 Å². The lowest BCUT2D eigenvalue weighted by Gasteiger charge is -2.22. The molecule has 0 atom stereocenters. The molecule has 0 saturated heterocycles. The number of benzene rings is 1. The van der Waals surface area contributed by atoms with E-state index in [9.17, 15) is 4.79 Å². The summed E-state index contributed by atoms with van der Waals surface area (Å²) in [6.45, 7) is 15.8. The van der Waals surface area contributed by atoms with Gasteiger partial charge in [-0.15, -0.1) is 0 Å². The predicted octanol–water partition coefficient (Wildman–Crippen LogP) is 3.09. The summed E-state index contributed by atoms with van der Waals surface area (Å²) < 4.78 is 5.68. The number of ether oxygens (including phenoxy) is 1. The zero-order chi connectivity index (χ0) is 22.0. The molecule has 0 unspecified atom stereocenters. The van der Waals surface area contributed by atoms with Gasteiger partial charge in [0.25, 0.3) is 0 Å². The van der Waals surface area contributed by atoms with Gasteiger partial charge in [0, 0.05) is 30.4 Å². The van der Waals surface area contributed by atoms with Crippen LogP contribution in [0, 0.1) is 0 Å². The number of anilines is 1. The molecule has 7 nitrogen and oxygen atoms in total. The molecule has 0 aliphatic carbocycles. The van der Waals surface area contributed by atoms with Crippen molar-refractivity contribution in [2.24, 2.45) is 4.99 Å². The number of hydrogen-bond donors (Lipinski definition) is 3. The second-order valence-electron chi connectivity index (χ2n) is 8.78. The Morgan fingerprint density at radius 1 is 1.14 bits per heavy atom.